The number of nitrogens with zero attached hydrogens (tertiary/aromatic N) is 2. The summed E-state index contributed by atoms with van der Waals surface area (Å²) in [4.78, 5) is 39.1. The molecule has 7 nitrogen and oxygen atoms in total. The van der Waals surface area contributed by atoms with Crippen molar-refractivity contribution in [2.75, 3.05) is 11.1 Å². The second-order valence-corrected chi connectivity index (χ2v) is 6.32. The first kappa shape index (κ1) is 18.7. The molecule has 0 unspecified atom stereocenters. The summed E-state index contributed by atoms with van der Waals surface area (Å²) < 4.78 is 1.76. The maximum Gasteiger partial charge on any atom is 0.325 e. The molecule has 0 aliphatic rings. The summed E-state index contributed by atoms with van der Waals surface area (Å²) in [5.41, 5.74) is 2.29. The number of nitrogens with one attached hydrogen (secondary N) is 2. The van der Waals surface area contributed by atoms with Gasteiger partial charge in [-0.3, -0.25) is 14.9 Å². The van der Waals surface area contributed by atoms with Crippen molar-refractivity contribution in [2.45, 2.75) is 32.5 Å². The maximum absolute atomic E-state index is 12.0. The van der Waals surface area contributed by atoms with E-state index < -0.39 is 11.9 Å². The van der Waals surface area contributed by atoms with Crippen molar-refractivity contribution in [3.05, 3.63) is 51.9 Å². The number of aryl methyl sites for hydroxylation is 2. The van der Waals surface area contributed by atoms with Gasteiger partial charge in [0, 0.05) is 24.5 Å². The fraction of sp³-hybridized carbons (Fsp3) is 0.294. The molecule has 1 aromatic heterocycles. The number of carbonyl (C=O) groups excluding carboxylic acids is 2. The Morgan fingerprint density at radius 2 is 2.00 bits per heavy atom. The molecule has 0 atom stereocenters. The number of imide groups is 1. The molecular weight excluding hydrogens is 340 g/mol. The van der Waals surface area contributed by atoms with E-state index >= 15 is 0 Å². The van der Waals surface area contributed by atoms with Gasteiger partial charge in [0.1, 0.15) is 0 Å². The van der Waals surface area contributed by atoms with E-state index in [-0.39, 0.29) is 11.3 Å². The quantitative estimate of drug-likeness (QED) is 0.630. The molecule has 0 aliphatic heterocycles. The number of amides is 3. The molecule has 2 aromatic rings. The van der Waals surface area contributed by atoms with Gasteiger partial charge in [0.15, 0.2) is 5.16 Å². The Hall–Kier alpha value is -2.61. The number of rotatable bonds is 5. The Bertz CT molecular complexity index is 848. The standard InChI is InChI=1S/C17H20N4O3S/c1-4-21-9-8-14(22)20-17(21)25-10-15(23)19-16(24)18-13-7-5-6-11(2)12(13)3/h5-9H,4,10H2,1-3H3,(H2,18,19,23,24). The maximum atomic E-state index is 12.0. The molecule has 0 saturated heterocycles. The van der Waals surface area contributed by atoms with Crippen molar-refractivity contribution in [3.63, 3.8) is 0 Å². The van der Waals surface area contributed by atoms with Gasteiger partial charge < -0.3 is 9.88 Å². The molecule has 2 rings (SSSR count). The van der Waals surface area contributed by atoms with Gasteiger partial charge >= 0.3 is 6.03 Å². The van der Waals surface area contributed by atoms with E-state index in [1.807, 2.05) is 32.9 Å². The molecule has 3 amide bonds. The first-order valence-corrected chi connectivity index (χ1v) is 8.76. The Balaban J connectivity index is 1.92. The molecule has 1 aromatic carbocycles. The summed E-state index contributed by atoms with van der Waals surface area (Å²) in [6, 6.07) is 6.33. The molecule has 0 radical (unpaired) electrons. The first-order valence-electron chi connectivity index (χ1n) is 7.78. The number of thioether (sulfide) groups is 1. The highest BCUT2D eigenvalue weighted by molar-refractivity contribution is 7.99. The summed E-state index contributed by atoms with van der Waals surface area (Å²) in [7, 11) is 0. The summed E-state index contributed by atoms with van der Waals surface area (Å²) in [5.74, 6) is -0.481. The van der Waals surface area contributed by atoms with E-state index in [0.717, 1.165) is 22.9 Å². The van der Waals surface area contributed by atoms with Gasteiger partial charge in [-0.05, 0) is 38.0 Å². The molecule has 0 bridgehead atoms. The number of anilines is 1. The van der Waals surface area contributed by atoms with Crippen LogP contribution in [0.2, 0.25) is 0 Å². The van der Waals surface area contributed by atoms with Crippen molar-refractivity contribution < 1.29 is 9.59 Å². The SMILES string of the molecule is CCn1ccc(=O)nc1SCC(=O)NC(=O)Nc1cccc(C)c1C. The molecule has 0 aliphatic carbocycles. The van der Waals surface area contributed by atoms with Crippen molar-refractivity contribution in [1.29, 1.82) is 0 Å². The van der Waals surface area contributed by atoms with Crippen LogP contribution in [0.5, 0.6) is 0 Å². The number of carbonyl (C=O) groups is 2. The molecule has 132 valence electrons. The average molecular weight is 360 g/mol. The zero-order valence-corrected chi connectivity index (χ0v) is 15.1. The number of hydrogen-bond donors (Lipinski definition) is 2. The van der Waals surface area contributed by atoms with Crippen molar-refractivity contribution in [2.24, 2.45) is 0 Å². The van der Waals surface area contributed by atoms with Crippen LogP contribution in [0, 0.1) is 13.8 Å². The summed E-state index contributed by atoms with van der Waals surface area (Å²) in [5, 5.41) is 5.38. The fourth-order valence-corrected chi connectivity index (χ4v) is 2.94. The predicted octanol–water partition coefficient (Wildman–Crippen LogP) is 2.32. The normalized spacial score (nSPS) is 10.4. The van der Waals surface area contributed by atoms with Crippen LogP contribution in [0.15, 0.2) is 40.4 Å². The van der Waals surface area contributed by atoms with Gasteiger partial charge in [0.25, 0.3) is 5.56 Å². The molecule has 8 heteroatoms. The van der Waals surface area contributed by atoms with Crippen molar-refractivity contribution in [1.82, 2.24) is 14.9 Å². The van der Waals surface area contributed by atoms with E-state index in [4.69, 9.17) is 0 Å². The van der Waals surface area contributed by atoms with E-state index in [1.165, 1.54) is 6.07 Å². The van der Waals surface area contributed by atoms with Gasteiger partial charge in [-0.15, -0.1) is 0 Å². The largest absolute Gasteiger partial charge is 0.328 e. The highest BCUT2D eigenvalue weighted by Crippen LogP contribution is 2.18. The van der Waals surface area contributed by atoms with Crippen molar-refractivity contribution in [3.8, 4) is 0 Å². The van der Waals surface area contributed by atoms with Crippen LogP contribution in [-0.4, -0.2) is 27.2 Å². The minimum atomic E-state index is -0.590. The zero-order chi connectivity index (χ0) is 18.4. The monoisotopic (exact) mass is 360 g/mol. The summed E-state index contributed by atoms with van der Waals surface area (Å²) in [6.45, 7) is 6.38. The second-order valence-electron chi connectivity index (χ2n) is 5.37. The molecule has 0 fully saturated rings. The van der Waals surface area contributed by atoms with Crippen LogP contribution in [0.1, 0.15) is 18.1 Å². The minimum absolute atomic E-state index is 0.0172. The number of urea groups is 1. The summed E-state index contributed by atoms with van der Waals surface area (Å²) in [6.07, 6.45) is 1.63. The van der Waals surface area contributed by atoms with Gasteiger partial charge in [0.2, 0.25) is 5.91 Å². The van der Waals surface area contributed by atoms with Crippen LogP contribution >= 0.6 is 11.8 Å². The van der Waals surface area contributed by atoms with Crippen LogP contribution in [0.4, 0.5) is 10.5 Å². The predicted molar refractivity (Wildman–Crippen MR) is 98.0 cm³/mol. The summed E-state index contributed by atoms with van der Waals surface area (Å²) >= 11 is 1.11. The van der Waals surface area contributed by atoms with E-state index in [9.17, 15) is 14.4 Å². The number of benzene rings is 1. The van der Waals surface area contributed by atoms with E-state index in [1.54, 1.807) is 16.8 Å². The van der Waals surface area contributed by atoms with Crippen LogP contribution in [0.3, 0.4) is 0 Å². The van der Waals surface area contributed by atoms with E-state index in [0.29, 0.717) is 17.4 Å². The topological polar surface area (TPSA) is 93.1 Å². The van der Waals surface area contributed by atoms with Crippen LogP contribution in [-0.2, 0) is 11.3 Å². The molecule has 25 heavy (non-hydrogen) atoms. The molecular formula is C17H20N4O3S. The van der Waals surface area contributed by atoms with Gasteiger partial charge in [0.05, 0.1) is 5.75 Å². The molecule has 0 saturated carbocycles. The third-order valence-electron chi connectivity index (χ3n) is 3.63. The third kappa shape index (κ3) is 5.18. The highest BCUT2D eigenvalue weighted by atomic mass is 32.2. The number of hydrogen-bond acceptors (Lipinski definition) is 5. The molecule has 0 spiro atoms. The average Bonchev–Trinajstić information content (AvgIpc) is 2.57. The first-order chi connectivity index (χ1) is 11.9. The lowest BCUT2D eigenvalue weighted by Crippen LogP contribution is -2.35. The van der Waals surface area contributed by atoms with Crippen LogP contribution < -0.4 is 16.2 Å². The Kier molecular flexibility index (Phi) is 6.35. The zero-order valence-electron chi connectivity index (χ0n) is 14.3. The molecule has 2 N–H and O–H groups in total. The fourth-order valence-electron chi connectivity index (χ4n) is 2.10. The lowest BCUT2D eigenvalue weighted by molar-refractivity contribution is -0.117. The Morgan fingerprint density at radius 1 is 1.24 bits per heavy atom. The second kappa shape index (κ2) is 8.48. The lowest BCUT2D eigenvalue weighted by atomic mass is 10.1. The van der Waals surface area contributed by atoms with Crippen LogP contribution in [0.25, 0.3) is 0 Å². The smallest absolute Gasteiger partial charge is 0.325 e. The Labute approximate surface area is 149 Å². The third-order valence-corrected chi connectivity index (χ3v) is 4.62. The number of aromatic nitrogens is 2. The minimum Gasteiger partial charge on any atom is -0.328 e. The van der Waals surface area contributed by atoms with Gasteiger partial charge in [-0.1, -0.05) is 23.9 Å². The Morgan fingerprint density at radius 3 is 2.72 bits per heavy atom. The highest BCUT2D eigenvalue weighted by Gasteiger charge is 2.12. The van der Waals surface area contributed by atoms with Gasteiger partial charge in [-0.25, -0.2) is 4.79 Å². The van der Waals surface area contributed by atoms with Crippen molar-refractivity contribution >= 4 is 29.4 Å². The van der Waals surface area contributed by atoms with E-state index in [2.05, 4.69) is 15.6 Å². The molecule has 1 heterocycles. The lowest BCUT2D eigenvalue weighted by Gasteiger charge is -2.11. The van der Waals surface area contributed by atoms with Gasteiger partial charge in [-0.2, -0.15) is 4.98 Å².